The first kappa shape index (κ1) is 23.8. The Morgan fingerprint density at radius 2 is 1.08 bits per heavy atom. The lowest BCUT2D eigenvalue weighted by atomic mass is 9.97. The Morgan fingerprint density at radius 1 is 0.460 bits per heavy atom. The van der Waals surface area contributed by atoms with Crippen LogP contribution in [0.2, 0.25) is 0 Å². The summed E-state index contributed by atoms with van der Waals surface area (Å²) in [6, 6.07) is 42.3. The van der Waals surface area contributed by atoms with Gasteiger partial charge in [0.1, 0.15) is 11.2 Å². The third-order valence-electron chi connectivity index (χ3n) is 9.06. The molecule has 0 spiro atoms. The Kier molecular flexibility index (Phi) is 5.54. The van der Waals surface area contributed by atoms with Crippen molar-refractivity contribution in [2.75, 3.05) is 0 Å². The number of hydrogen-bond donors (Lipinski definition) is 0. The van der Waals surface area contributed by atoms with Gasteiger partial charge in [0.05, 0.1) is 12.4 Å². The molecule has 234 valence electrons. The van der Waals surface area contributed by atoms with Gasteiger partial charge >= 0.3 is 0 Å². The number of furan rings is 1. The SMILES string of the molecule is [2H]c1c([2H])c([2H])c(-c2ccc(-c3nc(-c4ccccc4)nc(-c4cccc5c4oc4cccc(-c6cccc7c6sc6ccccc67)c45)n3)cc2)c([2H])c1[2H]. The highest BCUT2D eigenvalue weighted by molar-refractivity contribution is 7.26. The monoisotopic (exact) mass is 662 g/mol. The molecule has 0 saturated carbocycles. The molecule has 0 amide bonds. The minimum atomic E-state index is -0.425. The molecule has 10 aromatic rings. The van der Waals surface area contributed by atoms with E-state index in [1.54, 1.807) is 35.6 Å². The zero-order chi connectivity index (χ0) is 37.4. The highest BCUT2D eigenvalue weighted by Crippen LogP contribution is 2.45. The summed E-state index contributed by atoms with van der Waals surface area (Å²) in [6.45, 7) is 0. The van der Waals surface area contributed by atoms with Crippen LogP contribution in [0.15, 0.2) is 168 Å². The van der Waals surface area contributed by atoms with Crippen molar-refractivity contribution in [3.8, 4) is 56.4 Å². The van der Waals surface area contributed by atoms with E-state index in [9.17, 15) is 0 Å². The third kappa shape index (κ3) is 4.71. The Balaban J connectivity index is 1.14. The van der Waals surface area contributed by atoms with Crippen molar-refractivity contribution in [3.63, 3.8) is 0 Å². The van der Waals surface area contributed by atoms with Gasteiger partial charge in [-0.05, 0) is 34.9 Å². The van der Waals surface area contributed by atoms with Crippen LogP contribution in [0.4, 0.5) is 0 Å². The molecular weight excluding hydrogens is 631 g/mol. The number of thiophene rings is 1. The van der Waals surface area contributed by atoms with Crippen molar-refractivity contribution in [2.45, 2.75) is 0 Å². The van der Waals surface area contributed by atoms with Gasteiger partial charge in [0, 0.05) is 47.6 Å². The lowest BCUT2D eigenvalue weighted by Crippen LogP contribution is -2.00. The summed E-state index contributed by atoms with van der Waals surface area (Å²) < 4.78 is 50.3. The molecule has 7 aromatic carbocycles. The molecular formula is C45H27N3OS. The first-order chi connectivity index (χ1) is 26.9. The predicted molar refractivity (Wildman–Crippen MR) is 207 cm³/mol. The van der Waals surface area contributed by atoms with Gasteiger partial charge in [-0.15, -0.1) is 11.3 Å². The van der Waals surface area contributed by atoms with Crippen molar-refractivity contribution in [1.82, 2.24) is 15.0 Å². The van der Waals surface area contributed by atoms with Crippen molar-refractivity contribution < 1.29 is 11.3 Å². The standard InChI is InChI=1S/C45H27N3OS/c1-3-12-28(13-4-1)29-24-26-31(27-25-29)44-46-43(30-14-5-2-6-15-30)47-45(48-44)37-21-10-20-36-40-33(17-11-22-38(40)49-41(36)37)35-19-9-18-34-32-16-7-8-23-39(32)50-42(34)35/h1-27H/i1D,3D,4D,12D,13D. The lowest BCUT2D eigenvalue weighted by Gasteiger charge is -2.09. The van der Waals surface area contributed by atoms with Crippen molar-refractivity contribution >= 4 is 53.4 Å². The van der Waals surface area contributed by atoms with Gasteiger partial charge in [-0.3, -0.25) is 0 Å². The second-order valence-electron chi connectivity index (χ2n) is 12.0. The van der Waals surface area contributed by atoms with E-state index in [1.165, 1.54) is 20.2 Å². The molecule has 0 aliphatic carbocycles. The maximum atomic E-state index is 8.45. The van der Waals surface area contributed by atoms with Gasteiger partial charge in [-0.2, -0.15) is 0 Å². The molecule has 10 rings (SSSR count). The normalized spacial score (nSPS) is 13.0. The van der Waals surface area contributed by atoms with E-state index >= 15 is 0 Å². The molecule has 5 heteroatoms. The van der Waals surface area contributed by atoms with Gasteiger partial charge in [-0.1, -0.05) is 145 Å². The number of nitrogens with zero attached hydrogens (tertiary/aromatic N) is 3. The van der Waals surface area contributed by atoms with Gasteiger partial charge in [-0.25, -0.2) is 15.0 Å². The smallest absolute Gasteiger partial charge is 0.167 e. The molecule has 0 saturated heterocycles. The maximum absolute atomic E-state index is 8.45. The Hall–Kier alpha value is -6.43. The average molecular weight is 663 g/mol. The first-order valence-electron chi connectivity index (χ1n) is 18.7. The topological polar surface area (TPSA) is 51.8 Å². The van der Waals surface area contributed by atoms with E-state index in [0.717, 1.165) is 38.6 Å². The fourth-order valence-electron chi connectivity index (χ4n) is 6.73. The number of benzene rings is 7. The zero-order valence-electron chi connectivity index (χ0n) is 31.4. The van der Waals surface area contributed by atoms with Crippen LogP contribution in [0.25, 0.3) is 98.5 Å². The highest BCUT2D eigenvalue weighted by Gasteiger charge is 2.21. The summed E-state index contributed by atoms with van der Waals surface area (Å²) in [5, 5.41) is 4.45. The number of fused-ring (bicyclic) bond motifs is 6. The lowest BCUT2D eigenvalue weighted by molar-refractivity contribution is 0.669. The van der Waals surface area contributed by atoms with Crippen LogP contribution in [-0.4, -0.2) is 15.0 Å². The minimum absolute atomic E-state index is 0.137. The van der Waals surface area contributed by atoms with Crippen LogP contribution in [0.1, 0.15) is 6.85 Å². The van der Waals surface area contributed by atoms with Crippen LogP contribution < -0.4 is 0 Å². The summed E-state index contributed by atoms with van der Waals surface area (Å²) in [5.41, 5.74) is 6.51. The molecule has 0 fully saturated rings. The molecule has 0 bridgehead atoms. The predicted octanol–water partition coefficient (Wildman–Crippen LogP) is 12.5. The van der Waals surface area contributed by atoms with E-state index in [1.807, 2.05) is 54.6 Å². The summed E-state index contributed by atoms with van der Waals surface area (Å²) in [5.74, 6) is 1.35. The van der Waals surface area contributed by atoms with Gasteiger partial charge in [0.15, 0.2) is 17.5 Å². The molecule has 0 aliphatic heterocycles. The van der Waals surface area contributed by atoms with Crippen LogP contribution >= 0.6 is 11.3 Å². The molecule has 0 unspecified atom stereocenters. The fraction of sp³-hybridized carbons (Fsp3) is 0. The van der Waals surface area contributed by atoms with Gasteiger partial charge in [0.2, 0.25) is 0 Å². The average Bonchev–Trinajstić information content (AvgIpc) is 3.82. The number of hydrogen-bond acceptors (Lipinski definition) is 5. The van der Waals surface area contributed by atoms with E-state index in [0.29, 0.717) is 34.2 Å². The zero-order valence-corrected chi connectivity index (χ0v) is 27.2. The molecule has 0 radical (unpaired) electrons. The van der Waals surface area contributed by atoms with E-state index in [2.05, 4.69) is 54.6 Å². The second kappa shape index (κ2) is 11.6. The first-order valence-corrected chi connectivity index (χ1v) is 17.0. The van der Waals surface area contributed by atoms with Crippen molar-refractivity contribution in [2.24, 2.45) is 0 Å². The van der Waals surface area contributed by atoms with Crippen LogP contribution in [-0.2, 0) is 0 Å². The quantitative estimate of drug-likeness (QED) is 0.184. The van der Waals surface area contributed by atoms with E-state index < -0.39 is 6.04 Å². The number of aromatic nitrogens is 3. The summed E-state index contributed by atoms with van der Waals surface area (Å²) in [4.78, 5) is 14.9. The van der Waals surface area contributed by atoms with Gasteiger partial charge < -0.3 is 4.42 Å². The largest absolute Gasteiger partial charge is 0.455 e. The molecule has 3 heterocycles. The number of rotatable bonds is 5. The third-order valence-corrected chi connectivity index (χ3v) is 10.3. The van der Waals surface area contributed by atoms with Crippen LogP contribution in [0.3, 0.4) is 0 Å². The van der Waals surface area contributed by atoms with Crippen LogP contribution in [0.5, 0.6) is 0 Å². The van der Waals surface area contributed by atoms with Crippen LogP contribution in [0, 0.1) is 0 Å². The Labute approximate surface area is 299 Å². The van der Waals surface area contributed by atoms with E-state index in [-0.39, 0.29) is 29.7 Å². The van der Waals surface area contributed by atoms with Crippen molar-refractivity contribution in [1.29, 1.82) is 0 Å². The highest BCUT2D eigenvalue weighted by atomic mass is 32.1. The van der Waals surface area contributed by atoms with Crippen molar-refractivity contribution in [3.05, 3.63) is 164 Å². The Bertz CT molecular complexity index is 3130. The van der Waals surface area contributed by atoms with E-state index in [4.69, 9.17) is 26.2 Å². The summed E-state index contributed by atoms with van der Waals surface area (Å²) in [6.07, 6.45) is 0. The Morgan fingerprint density at radius 3 is 1.90 bits per heavy atom. The number of para-hydroxylation sites is 1. The second-order valence-corrected chi connectivity index (χ2v) is 13.0. The maximum Gasteiger partial charge on any atom is 0.167 e. The molecule has 0 aliphatic rings. The summed E-state index contributed by atoms with van der Waals surface area (Å²) >= 11 is 1.80. The molecule has 0 atom stereocenters. The fourth-order valence-corrected chi connectivity index (χ4v) is 7.96. The molecule has 3 aromatic heterocycles. The minimum Gasteiger partial charge on any atom is -0.455 e. The summed E-state index contributed by atoms with van der Waals surface area (Å²) in [7, 11) is 0. The molecule has 50 heavy (non-hydrogen) atoms. The van der Waals surface area contributed by atoms with Gasteiger partial charge in [0.25, 0.3) is 0 Å². The molecule has 0 N–H and O–H groups in total. The molecule has 4 nitrogen and oxygen atoms in total.